The molecule has 0 aliphatic rings. The van der Waals surface area contributed by atoms with Crippen molar-refractivity contribution < 1.29 is 4.79 Å². The van der Waals surface area contributed by atoms with Crippen molar-refractivity contribution in [2.24, 2.45) is 5.41 Å². The number of carbonyl (C=O) groups is 1. The van der Waals surface area contributed by atoms with E-state index < -0.39 is 0 Å². The zero-order valence-corrected chi connectivity index (χ0v) is 12.2. The molecule has 1 unspecified atom stereocenters. The fourth-order valence-electron chi connectivity index (χ4n) is 1.40. The Kier molecular flexibility index (Phi) is 4.38. The Labute approximate surface area is 110 Å². The molecule has 0 radical (unpaired) electrons. The van der Waals surface area contributed by atoms with Gasteiger partial charge in [-0.3, -0.25) is 0 Å². The molecule has 100 valence electrons. The number of benzene rings is 1. The van der Waals surface area contributed by atoms with Crippen LogP contribution in [0.4, 0.5) is 10.5 Å². The van der Waals surface area contributed by atoms with E-state index in [2.05, 4.69) is 38.3 Å². The highest BCUT2D eigenvalue weighted by Gasteiger charge is 2.21. The highest BCUT2D eigenvalue weighted by atomic mass is 16.2. The van der Waals surface area contributed by atoms with Gasteiger partial charge in [-0.1, -0.05) is 26.8 Å². The van der Waals surface area contributed by atoms with E-state index >= 15 is 0 Å². The van der Waals surface area contributed by atoms with E-state index in [1.165, 1.54) is 11.1 Å². The molecule has 3 nitrogen and oxygen atoms in total. The van der Waals surface area contributed by atoms with Gasteiger partial charge >= 0.3 is 6.03 Å². The van der Waals surface area contributed by atoms with Gasteiger partial charge in [-0.15, -0.1) is 0 Å². The largest absolute Gasteiger partial charge is 0.335 e. The SMILES string of the molecule is Cc1ccc(NC(=O)NC(C)C(C)(C)C)cc1C. The molecule has 0 spiro atoms. The van der Waals surface area contributed by atoms with Gasteiger partial charge in [0.2, 0.25) is 0 Å². The number of amides is 2. The van der Waals surface area contributed by atoms with Crippen LogP contribution in [0.3, 0.4) is 0 Å². The first-order valence-electron chi connectivity index (χ1n) is 6.35. The van der Waals surface area contributed by atoms with Crippen LogP contribution in [0.1, 0.15) is 38.8 Å². The molecule has 0 aliphatic carbocycles. The monoisotopic (exact) mass is 248 g/mol. The molecule has 18 heavy (non-hydrogen) atoms. The second-order valence-corrected chi connectivity index (χ2v) is 5.99. The van der Waals surface area contributed by atoms with Crippen molar-refractivity contribution >= 4 is 11.7 Å². The maximum absolute atomic E-state index is 11.8. The van der Waals surface area contributed by atoms with Crippen molar-refractivity contribution in [3.8, 4) is 0 Å². The van der Waals surface area contributed by atoms with E-state index in [-0.39, 0.29) is 17.5 Å². The average Bonchev–Trinajstić information content (AvgIpc) is 2.22. The average molecular weight is 248 g/mol. The van der Waals surface area contributed by atoms with Gasteiger partial charge in [0.15, 0.2) is 0 Å². The molecule has 1 atom stereocenters. The number of aryl methyl sites for hydroxylation is 2. The molecular formula is C15H24N2O. The smallest absolute Gasteiger partial charge is 0.319 e. The number of hydrogen-bond acceptors (Lipinski definition) is 1. The maximum atomic E-state index is 11.8. The van der Waals surface area contributed by atoms with Crippen molar-refractivity contribution in [2.75, 3.05) is 5.32 Å². The minimum Gasteiger partial charge on any atom is -0.335 e. The van der Waals surface area contributed by atoms with Crippen LogP contribution < -0.4 is 10.6 Å². The maximum Gasteiger partial charge on any atom is 0.319 e. The van der Waals surface area contributed by atoms with Crippen LogP contribution >= 0.6 is 0 Å². The zero-order valence-electron chi connectivity index (χ0n) is 12.2. The number of hydrogen-bond donors (Lipinski definition) is 2. The molecule has 0 bridgehead atoms. The summed E-state index contributed by atoms with van der Waals surface area (Å²) in [5.41, 5.74) is 3.29. The Hall–Kier alpha value is -1.51. The quantitative estimate of drug-likeness (QED) is 0.819. The second kappa shape index (κ2) is 5.42. The van der Waals surface area contributed by atoms with E-state index in [1.807, 2.05) is 32.0 Å². The van der Waals surface area contributed by atoms with Gasteiger partial charge in [0.05, 0.1) is 0 Å². The van der Waals surface area contributed by atoms with E-state index in [1.54, 1.807) is 0 Å². The first-order chi connectivity index (χ1) is 8.20. The van der Waals surface area contributed by atoms with Crippen molar-refractivity contribution in [3.05, 3.63) is 29.3 Å². The molecule has 2 N–H and O–H groups in total. The minimum atomic E-state index is -0.152. The van der Waals surface area contributed by atoms with Crippen LogP contribution in [-0.2, 0) is 0 Å². The topological polar surface area (TPSA) is 41.1 Å². The molecule has 1 aromatic carbocycles. The third-order valence-electron chi connectivity index (χ3n) is 3.41. The number of rotatable bonds is 2. The summed E-state index contributed by atoms with van der Waals surface area (Å²) in [5, 5.41) is 5.82. The fraction of sp³-hybridized carbons (Fsp3) is 0.533. The van der Waals surface area contributed by atoms with E-state index in [0.29, 0.717) is 0 Å². The molecule has 0 heterocycles. The zero-order chi connectivity index (χ0) is 13.9. The summed E-state index contributed by atoms with van der Waals surface area (Å²) in [6.45, 7) is 12.4. The summed E-state index contributed by atoms with van der Waals surface area (Å²) >= 11 is 0. The Morgan fingerprint density at radius 3 is 2.28 bits per heavy atom. The van der Waals surface area contributed by atoms with Crippen LogP contribution in [0.15, 0.2) is 18.2 Å². The first kappa shape index (κ1) is 14.6. The third-order valence-corrected chi connectivity index (χ3v) is 3.41. The van der Waals surface area contributed by atoms with Crippen molar-refractivity contribution in [1.82, 2.24) is 5.32 Å². The van der Waals surface area contributed by atoms with Gasteiger partial charge in [-0.05, 0) is 49.4 Å². The summed E-state index contributed by atoms with van der Waals surface area (Å²) in [4.78, 5) is 11.8. The Balaban J connectivity index is 2.62. The van der Waals surface area contributed by atoms with Crippen molar-refractivity contribution in [1.29, 1.82) is 0 Å². The molecule has 2 amide bonds. The van der Waals surface area contributed by atoms with Crippen molar-refractivity contribution in [2.45, 2.75) is 47.6 Å². The predicted molar refractivity (Wildman–Crippen MR) is 77.0 cm³/mol. The lowest BCUT2D eigenvalue weighted by Gasteiger charge is -2.28. The summed E-state index contributed by atoms with van der Waals surface area (Å²) in [6, 6.07) is 5.88. The normalized spacial score (nSPS) is 13.0. The minimum absolute atomic E-state index is 0.0561. The van der Waals surface area contributed by atoms with Crippen molar-refractivity contribution in [3.63, 3.8) is 0 Å². The molecular weight excluding hydrogens is 224 g/mol. The Bertz CT molecular complexity index is 433. The number of urea groups is 1. The summed E-state index contributed by atoms with van der Waals surface area (Å²) in [5.74, 6) is 0. The van der Waals surface area contributed by atoms with E-state index in [4.69, 9.17) is 0 Å². The molecule has 0 fully saturated rings. The Morgan fingerprint density at radius 1 is 1.17 bits per heavy atom. The third kappa shape index (κ3) is 4.06. The fourth-order valence-corrected chi connectivity index (χ4v) is 1.40. The van der Waals surface area contributed by atoms with Gasteiger partial charge in [-0.2, -0.15) is 0 Å². The van der Waals surface area contributed by atoms with Gasteiger partial charge in [-0.25, -0.2) is 4.79 Å². The lowest BCUT2D eigenvalue weighted by Crippen LogP contribution is -2.43. The Morgan fingerprint density at radius 2 is 1.78 bits per heavy atom. The van der Waals surface area contributed by atoms with Crippen LogP contribution in [0.5, 0.6) is 0 Å². The highest BCUT2D eigenvalue weighted by Crippen LogP contribution is 2.19. The summed E-state index contributed by atoms with van der Waals surface area (Å²) in [7, 11) is 0. The van der Waals surface area contributed by atoms with Crippen LogP contribution in [0.25, 0.3) is 0 Å². The van der Waals surface area contributed by atoms with Gasteiger partial charge in [0.25, 0.3) is 0 Å². The summed E-state index contributed by atoms with van der Waals surface area (Å²) < 4.78 is 0. The van der Waals surface area contributed by atoms with Crippen LogP contribution in [0.2, 0.25) is 0 Å². The number of anilines is 1. The number of carbonyl (C=O) groups excluding carboxylic acids is 1. The highest BCUT2D eigenvalue weighted by molar-refractivity contribution is 5.89. The molecule has 0 saturated heterocycles. The molecule has 0 aliphatic heterocycles. The molecule has 1 aromatic rings. The van der Waals surface area contributed by atoms with Gasteiger partial charge < -0.3 is 10.6 Å². The molecule has 0 saturated carbocycles. The molecule has 1 rings (SSSR count). The standard InChI is InChI=1S/C15H24N2O/c1-10-7-8-13(9-11(10)2)17-14(18)16-12(3)15(4,5)6/h7-9,12H,1-6H3,(H2,16,17,18). The van der Waals surface area contributed by atoms with Crippen LogP contribution in [-0.4, -0.2) is 12.1 Å². The lowest BCUT2D eigenvalue weighted by atomic mass is 9.88. The van der Waals surface area contributed by atoms with Crippen LogP contribution in [0, 0.1) is 19.3 Å². The summed E-state index contributed by atoms with van der Waals surface area (Å²) in [6.07, 6.45) is 0. The van der Waals surface area contributed by atoms with Gasteiger partial charge in [0.1, 0.15) is 0 Å². The van der Waals surface area contributed by atoms with E-state index in [9.17, 15) is 4.79 Å². The molecule has 3 heteroatoms. The number of nitrogens with one attached hydrogen (secondary N) is 2. The second-order valence-electron chi connectivity index (χ2n) is 5.99. The van der Waals surface area contributed by atoms with E-state index in [0.717, 1.165) is 5.69 Å². The van der Waals surface area contributed by atoms with Gasteiger partial charge in [0, 0.05) is 11.7 Å². The lowest BCUT2D eigenvalue weighted by molar-refractivity contribution is 0.233. The predicted octanol–water partition coefficient (Wildman–Crippen LogP) is 3.86. The first-order valence-corrected chi connectivity index (χ1v) is 6.35. The molecule has 0 aromatic heterocycles.